The van der Waals surface area contributed by atoms with Gasteiger partial charge in [-0.1, -0.05) is 12.1 Å². The summed E-state index contributed by atoms with van der Waals surface area (Å²) in [6.07, 6.45) is 7.99. The standard InChI is InChI=1S/C23H26N6O2/c1-28(22(30)17-10-12-24-13-11-17)18-8-6-16(7-9-18)14-25-23(31)27-20-4-3-5-21-19(20)15-26-29(21)2/h6-13,15,20H,3-5,14H2,1-2H3,(H2,25,27,31). The Kier molecular flexibility index (Phi) is 5.97. The third-order valence-electron chi connectivity index (χ3n) is 5.69. The van der Waals surface area contributed by atoms with E-state index in [9.17, 15) is 9.59 Å². The zero-order valence-corrected chi connectivity index (χ0v) is 17.7. The summed E-state index contributed by atoms with van der Waals surface area (Å²) >= 11 is 0. The zero-order chi connectivity index (χ0) is 21.8. The molecule has 0 radical (unpaired) electrons. The van der Waals surface area contributed by atoms with Gasteiger partial charge in [0.1, 0.15) is 0 Å². The van der Waals surface area contributed by atoms with E-state index in [-0.39, 0.29) is 18.0 Å². The van der Waals surface area contributed by atoms with Gasteiger partial charge < -0.3 is 15.5 Å². The fourth-order valence-electron chi connectivity index (χ4n) is 3.89. The lowest BCUT2D eigenvalue weighted by Crippen LogP contribution is -2.38. The van der Waals surface area contributed by atoms with Gasteiger partial charge in [-0.2, -0.15) is 5.10 Å². The smallest absolute Gasteiger partial charge is 0.315 e. The number of pyridine rings is 1. The Bertz CT molecular complexity index is 1060. The molecule has 1 aromatic carbocycles. The summed E-state index contributed by atoms with van der Waals surface area (Å²) in [6, 6.07) is 10.7. The number of nitrogens with zero attached hydrogens (tertiary/aromatic N) is 4. The number of nitrogens with one attached hydrogen (secondary N) is 2. The Morgan fingerprint density at radius 3 is 2.65 bits per heavy atom. The van der Waals surface area contributed by atoms with Crippen molar-refractivity contribution < 1.29 is 9.59 Å². The Hall–Kier alpha value is -3.68. The fourth-order valence-corrected chi connectivity index (χ4v) is 3.89. The monoisotopic (exact) mass is 418 g/mol. The minimum atomic E-state index is -0.198. The van der Waals surface area contributed by atoms with Crippen LogP contribution in [0.4, 0.5) is 10.5 Å². The predicted molar refractivity (Wildman–Crippen MR) is 118 cm³/mol. The average Bonchev–Trinajstić information content (AvgIpc) is 3.19. The topological polar surface area (TPSA) is 92.2 Å². The van der Waals surface area contributed by atoms with Crippen molar-refractivity contribution in [3.05, 3.63) is 77.4 Å². The molecule has 2 heterocycles. The first-order valence-corrected chi connectivity index (χ1v) is 10.3. The molecular formula is C23H26N6O2. The van der Waals surface area contributed by atoms with Crippen LogP contribution in [-0.4, -0.2) is 33.8 Å². The van der Waals surface area contributed by atoms with Crippen molar-refractivity contribution in [3.63, 3.8) is 0 Å². The molecule has 0 saturated carbocycles. The Morgan fingerprint density at radius 2 is 1.90 bits per heavy atom. The minimum absolute atomic E-state index is 0.00678. The third-order valence-corrected chi connectivity index (χ3v) is 5.69. The number of hydrogen-bond acceptors (Lipinski definition) is 4. The second-order valence-corrected chi connectivity index (χ2v) is 7.71. The maximum atomic E-state index is 12.6. The van der Waals surface area contributed by atoms with Crippen molar-refractivity contribution in [2.75, 3.05) is 11.9 Å². The molecule has 31 heavy (non-hydrogen) atoms. The fraction of sp³-hybridized carbons (Fsp3) is 0.304. The van der Waals surface area contributed by atoms with Crippen molar-refractivity contribution in [2.24, 2.45) is 7.05 Å². The molecule has 3 amide bonds. The molecule has 8 heteroatoms. The molecule has 160 valence electrons. The summed E-state index contributed by atoms with van der Waals surface area (Å²) in [5.74, 6) is -0.102. The molecule has 3 aromatic rings. The highest BCUT2D eigenvalue weighted by Gasteiger charge is 2.24. The van der Waals surface area contributed by atoms with E-state index in [4.69, 9.17) is 0 Å². The average molecular weight is 419 g/mol. The molecule has 8 nitrogen and oxygen atoms in total. The van der Waals surface area contributed by atoms with Crippen LogP contribution in [0.2, 0.25) is 0 Å². The lowest BCUT2D eigenvalue weighted by molar-refractivity contribution is 0.0993. The van der Waals surface area contributed by atoms with Crippen LogP contribution >= 0.6 is 0 Å². The van der Waals surface area contributed by atoms with E-state index in [2.05, 4.69) is 20.7 Å². The van der Waals surface area contributed by atoms with Gasteiger partial charge in [0, 0.05) is 55.5 Å². The number of anilines is 1. The number of urea groups is 1. The van der Waals surface area contributed by atoms with Gasteiger partial charge in [0.25, 0.3) is 5.91 Å². The number of carbonyl (C=O) groups excluding carboxylic acids is 2. The van der Waals surface area contributed by atoms with Crippen molar-refractivity contribution in [2.45, 2.75) is 31.8 Å². The van der Waals surface area contributed by atoms with Gasteiger partial charge in [-0.25, -0.2) is 4.79 Å². The normalized spacial score (nSPS) is 15.1. The van der Waals surface area contributed by atoms with Crippen LogP contribution in [0.3, 0.4) is 0 Å². The van der Waals surface area contributed by atoms with E-state index in [1.807, 2.05) is 42.2 Å². The SMILES string of the molecule is CN(C(=O)c1ccncc1)c1ccc(CNC(=O)NC2CCCc3c2cnn3C)cc1. The molecule has 0 saturated heterocycles. The molecule has 2 aromatic heterocycles. The molecule has 1 aliphatic carbocycles. The lowest BCUT2D eigenvalue weighted by Gasteiger charge is -2.24. The van der Waals surface area contributed by atoms with E-state index in [0.717, 1.165) is 36.1 Å². The molecule has 4 rings (SSSR count). The predicted octanol–water partition coefficient (Wildman–Crippen LogP) is 2.97. The summed E-state index contributed by atoms with van der Waals surface area (Å²) in [7, 11) is 3.67. The number of hydrogen-bond donors (Lipinski definition) is 2. The summed E-state index contributed by atoms with van der Waals surface area (Å²) in [5, 5.41) is 10.3. The van der Waals surface area contributed by atoms with Crippen molar-refractivity contribution >= 4 is 17.6 Å². The first-order chi connectivity index (χ1) is 15.0. The van der Waals surface area contributed by atoms with Gasteiger partial charge in [-0.05, 0) is 49.1 Å². The maximum absolute atomic E-state index is 12.6. The molecule has 0 bridgehead atoms. The molecule has 1 unspecified atom stereocenters. The quantitative estimate of drug-likeness (QED) is 0.666. The second kappa shape index (κ2) is 8.99. The number of fused-ring (bicyclic) bond motifs is 1. The summed E-state index contributed by atoms with van der Waals surface area (Å²) in [5.41, 5.74) is 4.61. The van der Waals surface area contributed by atoms with Crippen LogP contribution in [0, 0.1) is 0 Å². The van der Waals surface area contributed by atoms with Crippen molar-refractivity contribution in [1.82, 2.24) is 25.4 Å². The molecule has 0 aliphatic heterocycles. The molecule has 0 fully saturated rings. The van der Waals surface area contributed by atoms with Crippen LogP contribution in [0.25, 0.3) is 0 Å². The molecule has 2 N–H and O–H groups in total. The van der Waals surface area contributed by atoms with Gasteiger partial charge >= 0.3 is 6.03 Å². The van der Waals surface area contributed by atoms with Gasteiger partial charge in [-0.3, -0.25) is 14.5 Å². The van der Waals surface area contributed by atoms with E-state index >= 15 is 0 Å². The van der Waals surface area contributed by atoms with Crippen LogP contribution in [0.5, 0.6) is 0 Å². The van der Waals surface area contributed by atoms with Gasteiger partial charge in [0.15, 0.2) is 0 Å². The first kappa shape index (κ1) is 20.6. The number of amides is 3. The van der Waals surface area contributed by atoms with Crippen LogP contribution in [0.1, 0.15) is 46.1 Å². The lowest BCUT2D eigenvalue weighted by atomic mass is 9.93. The van der Waals surface area contributed by atoms with Gasteiger partial charge in [0.2, 0.25) is 0 Å². The first-order valence-electron chi connectivity index (χ1n) is 10.3. The molecule has 1 aliphatic rings. The number of benzene rings is 1. The number of aryl methyl sites for hydroxylation is 1. The number of carbonyl (C=O) groups is 2. The van der Waals surface area contributed by atoms with Gasteiger partial charge in [0.05, 0.1) is 12.2 Å². The van der Waals surface area contributed by atoms with Gasteiger partial charge in [-0.15, -0.1) is 0 Å². The number of rotatable bonds is 5. The highest BCUT2D eigenvalue weighted by Crippen LogP contribution is 2.29. The van der Waals surface area contributed by atoms with Crippen molar-refractivity contribution in [3.8, 4) is 0 Å². The Labute approximate surface area is 181 Å². The number of aromatic nitrogens is 3. The van der Waals surface area contributed by atoms with E-state index in [1.165, 1.54) is 5.69 Å². The minimum Gasteiger partial charge on any atom is -0.334 e. The maximum Gasteiger partial charge on any atom is 0.315 e. The van der Waals surface area contributed by atoms with E-state index in [0.29, 0.717) is 12.1 Å². The summed E-state index contributed by atoms with van der Waals surface area (Å²) in [6.45, 7) is 0.404. The van der Waals surface area contributed by atoms with Crippen LogP contribution in [0.15, 0.2) is 55.0 Å². The summed E-state index contributed by atoms with van der Waals surface area (Å²) in [4.78, 5) is 30.5. The highest BCUT2D eigenvalue weighted by atomic mass is 16.2. The second-order valence-electron chi connectivity index (χ2n) is 7.71. The summed E-state index contributed by atoms with van der Waals surface area (Å²) < 4.78 is 1.89. The highest BCUT2D eigenvalue weighted by molar-refractivity contribution is 6.05. The van der Waals surface area contributed by atoms with E-state index < -0.39 is 0 Å². The molecular weight excluding hydrogens is 392 g/mol. The molecule has 0 spiro atoms. The largest absolute Gasteiger partial charge is 0.334 e. The third kappa shape index (κ3) is 4.58. The van der Waals surface area contributed by atoms with Crippen molar-refractivity contribution in [1.29, 1.82) is 0 Å². The zero-order valence-electron chi connectivity index (χ0n) is 17.7. The van der Waals surface area contributed by atoms with E-state index in [1.54, 1.807) is 36.5 Å². The Morgan fingerprint density at radius 1 is 1.16 bits per heavy atom. The van der Waals surface area contributed by atoms with Crippen LogP contribution in [-0.2, 0) is 20.0 Å². The Balaban J connectivity index is 1.31. The van der Waals surface area contributed by atoms with Crippen LogP contribution < -0.4 is 15.5 Å². The molecule has 1 atom stereocenters.